The molecule has 0 aliphatic rings. The van der Waals surface area contributed by atoms with Crippen LogP contribution in [0.5, 0.6) is 11.5 Å². The van der Waals surface area contributed by atoms with E-state index in [4.69, 9.17) is 21.1 Å². The quantitative estimate of drug-likeness (QED) is 0.784. The summed E-state index contributed by atoms with van der Waals surface area (Å²) in [6.07, 6.45) is 0.883. The monoisotopic (exact) mass is 285 g/mol. The van der Waals surface area contributed by atoms with Crippen molar-refractivity contribution in [1.29, 1.82) is 0 Å². The van der Waals surface area contributed by atoms with Crippen LogP contribution < -0.4 is 14.8 Å². The van der Waals surface area contributed by atoms with E-state index in [1.165, 1.54) is 0 Å². The zero-order chi connectivity index (χ0) is 14.3. The molecular formula is C14H20ClNO3. The van der Waals surface area contributed by atoms with E-state index in [9.17, 15) is 4.79 Å². The first kappa shape index (κ1) is 15.6. The Bertz CT molecular complexity index is 423. The molecule has 0 heterocycles. The molecule has 1 unspecified atom stereocenters. The molecule has 0 aliphatic carbocycles. The fourth-order valence-corrected chi connectivity index (χ4v) is 2.01. The van der Waals surface area contributed by atoms with Crippen LogP contribution in [0.25, 0.3) is 0 Å². The van der Waals surface area contributed by atoms with Gasteiger partial charge in [-0.3, -0.25) is 4.79 Å². The van der Waals surface area contributed by atoms with Gasteiger partial charge in [-0.1, -0.05) is 6.92 Å². The summed E-state index contributed by atoms with van der Waals surface area (Å²) in [6, 6.07) is 5.10. The van der Waals surface area contributed by atoms with Gasteiger partial charge in [0.15, 0.2) is 11.5 Å². The number of methoxy groups -OCH3 is 2. The average Bonchev–Trinajstić information content (AvgIpc) is 2.44. The van der Waals surface area contributed by atoms with Crippen molar-refractivity contribution >= 4 is 17.5 Å². The highest BCUT2D eigenvalue weighted by Crippen LogP contribution is 2.27. The zero-order valence-electron chi connectivity index (χ0n) is 11.5. The number of ether oxygens (including phenoxy) is 2. The maximum absolute atomic E-state index is 12.0. The van der Waals surface area contributed by atoms with E-state index in [1.807, 2.05) is 0 Å². The molecule has 1 rings (SSSR count). The van der Waals surface area contributed by atoms with Crippen molar-refractivity contribution in [3.8, 4) is 11.5 Å². The Morgan fingerprint density at radius 3 is 2.58 bits per heavy atom. The summed E-state index contributed by atoms with van der Waals surface area (Å²) in [4.78, 5) is 12.0. The van der Waals surface area contributed by atoms with Gasteiger partial charge in [0.05, 0.1) is 14.2 Å². The van der Waals surface area contributed by atoms with Gasteiger partial charge in [-0.15, -0.1) is 11.6 Å². The van der Waals surface area contributed by atoms with E-state index in [0.29, 0.717) is 35.4 Å². The number of hydrogen-bond donors (Lipinski definition) is 1. The van der Waals surface area contributed by atoms with Crippen molar-refractivity contribution in [1.82, 2.24) is 5.32 Å². The molecule has 19 heavy (non-hydrogen) atoms. The molecular weight excluding hydrogens is 266 g/mol. The standard InChI is InChI=1S/C14H20ClNO3/c1-10(6-7-15)9-16-14(17)11-4-5-12(18-2)13(8-11)19-3/h4-5,8,10H,6-7,9H2,1-3H3,(H,16,17). The molecule has 0 saturated heterocycles. The highest BCUT2D eigenvalue weighted by atomic mass is 35.5. The number of hydrogen-bond acceptors (Lipinski definition) is 3. The minimum absolute atomic E-state index is 0.123. The van der Waals surface area contributed by atoms with Crippen molar-refractivity contribution < 1.29 is 14.3 Å². The van der Waals surface area contributed by atoms with Crippen molar-refractivity contribution in [2.45, 2.75) is 13.3 Å². The number of halogens is 1. The smallest absolute Gasteiger partial charge is 0.251 e. The Morgan fingerprint density at radius 1 is 1.32 bits per heavy atom. The molecule has 0 aromatic heterocycles. The highest BCUT2D eigenvalue weighted by molar-refractivity contribution is 6.17. The molecule has 1 amide bonds. The van der Waals surface area contributed by atoms with Gasteiger partial charge in [0.25, 0.3) is 5.91 Å². The lowest BCUT2D eigenvalue weighted by molar-refractivity contribution is 0.0947. The molecule has 1 aromatic carbocycles. The lowest BCUT2D eigenvalue weighted by atomic mass is 10.1. The van der Waals surface area contributed by atoms with Crippen LogP contribution in [0.4, 0.5) is 0 Å². The van der Waals surface area contributed by atoms with Crippen LogP contribution in [0.2, 0.25) is 0 Å². The molecule has 1 aromatic rings. The third-order valence-corrected chi connectivity index (χ3v) is 3.08. The third kappa shape index (κ3) is 4.63. The minimum Gasteiger partial charge on any atom is -0.493 e. The molecule has 106 valence electrons. The van der Waals surface area contributed by atoms with Crippen LogP contribution in [0.1, 0.15) is 23.7 Å². The van der Waals surface area contributed by atoms with Crippen LogP contribution in [-0.4, -0.2) is 32.6 Å². The van der Waals surface area contributed by atoms with Crippen LogP contribution in [0.3, 0.4) is 0 Å². The Kier molecular flexibility index (Phi) is 6.50. The number of carbonyl (C=O) groups is 1. The van der Waals surface area contributed by atoms with Gasteiger partial charge in [-0.2, -0.15) is 0 Å². The molecule has 0 radical (unpaired) electrons. The Balaban J connectivity index is 2.67. The Hall–Kier alpha value is -1.42. The molecule has 5 heteroatoms. The molecule has 0 spiro atoms. The fourth-order valence-electron chi connectivity index (χ4n) is 1.63. The minimum atomic E-state index is -0.123. The van der Waals surface area contributed by atoms with Gasteiger partial charge in [0, 0.05) is 18.0 Å². The largest absolute Gasteiger partial charge is 0.493 e. The van der Waals surface area contributed by atoms with Gasteiger partial charge in [0.1, 0.15) is 0 Å². The first-order chi connectivity index (χ1) is 9.12. The van der Waals surface area contributed by atoms with Crippen molar-refractivity contribution in [3.05, 3.63) is 23.8 Å². The fraction of sp³-hybridized carbons (Fsp3) is 0.500. The molecule has 1 atom stereocenters. The SMILES string of the molecule is COc1ccc(C(=O)NCC(C)CCCl)cc1OC. The molecule has 0 saturated carbocycles. The van der Waals surface area contributed by atoms with E-state index in [-0.39, 0.29) is 5.91 Å². The number of benzene rings is 1. The first-order valence-corrected chi connectivity index (χ1v) is 6.72. The van der Waals surface area contributed by atoms with Crippen molar-refractivity contribution in [2.75, 3.05) is 26.6 Å². The van der Waals surface area contributed by atoms with E-state index in [1.54, 1.807) is 32.4 Å². The number of carbonyl (C=O) groups excluding carboxylic acids is 1. The zero-order valence-corrected chi connectivity index (χ0v) is 12.3. The van der Waals surface area contributed by atoms with Crippen LogP contribution in [0.15, 0.2) is 18.2 Å². The number of alkyl halides is 1. The summed E-state index contributed by atoms with van der Waals surface area (Å²) in [5.74, 6) is 2.00. The second-order valence-electron chi connectivity index (χ2n) is 4.36. The topological polar surface area (TPSA) is 47.6 Å². The number of amides is 1. The predicted molar refractivity (Wildman–Crippen MR) is 76.4 cm³/mol. The normalized spacial score (nSPS) is 11.8. The predicted octanol–water partition coefficient (Wildman–Crippen LogP) is 2.70. The molecule has 0 aliphatic heterocycles. The van der Waals surface area contributed by atoms with Gasteiger partial charge < -0.3 is 14.8 Å². The van der Waals surface area contributed by atoms with Crippen molar-refractivity contribution in [2.24, 2.45) is 5.92 Å². The maximum Gasteiger partial charge on any atom is 0.251 e. The van der Waals surface area contributed by atoms with Crippen LogP contribution >= 0.6 is 11.6 Å². The lowest BCUT2D eigenvalue weighted by Crippen LogP contribution is -2.28. The summed E-state index contributed by atoms with van der Waals surface area (Å²) in [5.41, 5.74) is 0.552. The maximum atomic E-state index is 12.0. The molecule has 1 N–H and O–H groups in total. The average molecular weight is 286 g/mol. The van der Waals surface area contributed by atoms with Crippen molar-refractivity contribution in [3.63, 3.8) is 0 Å². The van der Waals surface area contributed by atoms with Crippen LogP contribution in [0, 0.1) is 5.92 Å². The summed E-state index contributed by atoms with van der Waals surface area (Å²) >= 11 is 5.66. The molecule has 0 fully saturated rings. The van der Waals surface area contributed by atoms with E-state index >= 15 is 0 Å². The number of nitrogens with one attached hydrogen (secondary N) is 1. The third-order valence-electron chi connectivity index (χ3n) is 2.86. The first-order valence-electron chi connectivity index (χ1n) is 6.18. The van der Waals surface area contributed by atoms with Gasteiger partial charge in [-0.05, 0) is 30.5 Å². The molecule has 0 bridgehead atoms. The summed E-state index contributed by atoms with van der Waals surface area (Å²) < 4.78 is 10.3. The second-order valence-corrected chi connectivity index (χ2v) is 4.74. The Morgan fingerprint density at radius 2 is 2.00 bits per heavy atom. The Labute approximate surface area is 119 Å². The van der Waals surface area contributed by atoms with Crippen LogP contribution in [-0.2, 0) is 0 Å². The summed E-state index contributed by atoms with van der Waals surface area (Å²) in [5, 5.41) is 2.88. The van der Waals surface area contributed by atoms with Gasteiger partial charge in [0.2, 0.25) is 0 Å². The van der Waals surface area contributed by atoms with E-state index in [0.717, 1.165) is 6.42 Å². The van der Waals surface area contributed by atoms with Gasteiger partial charge in [-0.25, -0.2) is 0 Å². The van der Waals surface area contributed by atoms with E-state index in [2.05, 4.69) is 12.2 Å². The van der Waals surface area contributed by atoms with E-state index < -0.39 is 0 Å². The number of rotatable bonds is 7. The highest BCUT2D eigenvalue weighted by Gasteiger charge is 2.11. The summed E-state index contributed by atoms with van der Waals surface area (Å²) in [7, 11) is 3.10. The molecule has 4 nitrogen and oxygen atoms in total. The second kappa shape index (κ2) is 7.89. The lowest BCUT2D eigenvalue weighted by Gasteiger charge is -2.12. The van der Waals surface area contributed by atoms with Gasteiger partial charge >= 0.3 is 0 Å². The summed E-state index contributed by atoms with van der Waals surface area (Å²) in [6.45, 7) is 2.66.